The highest BCUT2D eigenvalue weighted by molar-refractivity contribution is 7.99. The highest BCUT2D eigenvalue weighted by Crippen LogP contribution is 2.30. The van der Waals surface area contributed by atoms with Crippen LogP contribution < -0.4 is 5.32 Å². The molecule has 0 aromatic carbocycles. The fourth-order valence-corrected chi connectivity index (χ4v) is 3.87. The minimum atomic E-state index is -0.462. The number of carbonyl (C=O) groups excluding carboxylic acids is 1. The molecule has 3 heterocycles. The van der Waals surface area contributed by atoms with E-state index in [1.54, 1.807) is 6.20 Å². The van der Waals surface area contributed by atoms with E-state index >= 15 is 0 Å². The third-order valence-corrected chi connectivity index (χ3v) is 5.01. The van der Waals surface area contributed by atoms with Gasteiger partial charge in [0.1, 0.15) is 5.54 Å². The Morgan fingerprint density at radius 1 is 1.25 bits per heavy atom. The van der Waals surface area contributed by atoms with Gasteiger partial charge in [-0.3, -0.25) is 9.48 Å². The van der Waals surface area contributed by atoms with Crippen LogP contribution in [0.15, 0.2) is 18.5 Å². The SMILES string of the molecule is Cl.O=C(N1CCSCC1)C1(n2cccn2)CCNCC1. The first-order valence-corrected chi connectivity index (χ1v) is 8.06. The number of carbonyl (C=O) groups is 1. The maximum atomic E-state index is 13.0. The first-order valence-electron chi connectivity index (χ1n) is 6.91. The van der Waals surface area contributed by atoms with E-state index in [0.29, 0.717) is 0 Å². The number of aromatic nitrogens is 2. The van der Waals surface area contributed by atoms with Gasteiger partial charge < -0.3 is 10.2 Å². The minimum absolute atomic E-state index is 0. The van der Waals surface area contributed by atoms with Crippen molar-refractivity contribution in [2.75, 3.05) is 37.7 Å². The van der Waals surface area contributed by atoms with Gasteiger partial charge in [0.2, 0.25) is 0 Å². The van der Waals surface area contributed by atoms with Gasteiger partial charge in [-0.25, -0.2) is 0 Å². The smallest absolute Gasteiger partial charge is 0.250 e. The van der Waals surface area contributed by atoms with Crippen LogP contribution in [0.25, 0.3) is 0 Å². The molecule has 7 heteroatoms. The van der Waals surface area contributed by atoms with Gasteiger partial charge in [0.15, 0.2) is 0 Å². The van der Waals surface area contributed by atoms with Gasteiger partial charge in [-0.1, -0.05) is 0 Å². The number of hydrogen-bond acceptors (Lipinski definition) is 4. The van der Waals surface area contributed by atoms with Crippen molar-refractivity contribution in [1.82, 2.24) is 20.0 Å². The van der Waals surface area contributed by atoms with Crippen LogP contribution in [0.2, 0.25) is 0 Å². The van der Waals surface area contributed by atoms with E-state index in [4.69, 9.17) is 0 Å². The van der Waals surface area contributed by atoms with E-state index in [0.717, 1.165) is 50.5 Å². The number of piperidine rings is 1. The molecule has 3 rings (SSSR count). The molecule has 0 spiro atoms. The van der Waals surface area contributed by atoms with Crippen molar-refractivity contribution < 1.29 is 4.79 Å². The van der Waals surface area contributed by atoms with E-state index in [9.17, 15) is 4.79 Å². The molecule has 112 valence electrons. The highest BCUT2D eigenvalue weighted by Gasteiger charge is 2.44. The molecule has 1 aromatic rings. The molecule has 2 fully saturated rings. The number of amides is 1. The van der Waals surface area contributed by atoms with Crippen molar-refractivity contribution in [2.45, 2.75) is 18.4 Å². The topological polar surface area (TPSA) is 50.2 Å². The summed E-state index contributed by atoms with van der Waals surface area (Å²) in [6.45, 7) is 3.52. The summed E-state index contributed by atoms with van der Waals surface area (Å²) < 4.78 is 1.89. The van der Waals surface area contributed by atoms with E-state index in [1.165, 1.54) is 0 Å². The predicted molar refractivity (Wildman–Crippen MR) is 83.5 cm³/mol. The van der Waals surface area contributed by atoms with E-state index in [1.807, 2.05) is 33.6 Å². The summed E-state index contributed by atoms with van der Waals surface area (Å²) in [7, 11) is 0. The molecule has 2 aliphatic rings. The second-order valence-corrected chi connectivity index (χ2v) is 6.36. The quantitative estimate of drug-likeness (QED) is 0.883. The van der Waals surface area contributed by atoms with Crippen molar-refractivity contribution in [3.63, 3.8) is 0 Å². The molecule has 0 bridgehead atoms. The lowest BCUT2D eigenvalue weighted by Gasteiger charge is -2.41. The number of nitrogens with one attached hydrogen (secondary N) is 1. The van der Waals surface area contributed by atoms with Crippen LogP contribution >= 0.6 is 24.2 Å². The Morgan fingerprint density at radius 2 is 1.95 bits per heavy atom. The summed E-state index contributed by atoms with van der Waals surface area (Å²) >= 11 is 1.93. The average molecular weight is 317 g/mol. The number of halogens is 1. The Balaban J connectivity index is 0.00000147. The van der Waals surface area contributed by atoms with Gasteiger partial charge in [-0.15, -0.1) is 12.4 Å². The third kappa shape index (κ3) is 2.82. The largest absolute Gasteiger partial charge is 0.339 e. The Kier molecular flexibility index (Phi) is 5.35. The second kappa shape index (κ2) is 6.83. The minimum Gasteiger partial charge on any atom is -0.339 e. The zero-order valence-electron chi connectivity index (χ0n) is 11.5. The third-order valence-electron chi connectivity index (χ3n) is 4.07. The molecule has 1 amide bonds. The number of hydrogen-bond donors (Lipinski definition) is 1. The Bertz CT molecular complexity index is 428. The predicted octanol–water partition coefficient (Wildman–Crippen LogP) is 0.959. The van der Waals surface area contributed by atoms with Crippen molar-refractivity contribution >= 4 is 30.1 Å². The molecule has 0 radical (unpaired) electrons. The number of rotatable bonds is 2. The Morgan fingerprint density at radius 3 is 2.55 bits per heavy atom. The molecule has 0 saturated carbocycles. The van der Waals surface area contributed by atoms with Crippen LogP contribution in [-0.2, 0) is 10.3 Å². The van der Waals surface area contributed by atoms with Crippen molar-refractivity contribution in [1.29, 1.82) is 0 Å². The maximum Gasteiger partial charge on any atom is 0.250 e. The summed E-state index contributed by atoms with van der Waals surface area (Å²) in [6.07, 6.45) is 5.36. The fraction of sp³-hybridized carbons (Fsp3) is 0.692. The summed E-state index contributed by atoms with van der Waals surface area (Å²) in [5.74, 6) is 2.37. The summed E-state index contributed by atoms with van der Waals surface area (Å²) in [5, 5.41) is 7.71. The molecule has 1 aromatic heterocycles. The maximum absolute atomic E-state index is 13.0. The van der Waals surface area contributed by atoms with Gasteiger partial charge in [0, 0.05) is 37.0 Å². The molecular weight excluding hydrogens is 296 g/mol. The van der Waals surface area contributed by atoms with Crippen LogP contribution in [0.5, 0.6) is 0 Å². The molecule has 0 aliphatic carbocycles. The zero-order valence-corrected chi connectivity index (χ0v) is 13.1. The lowest BCUT2D eigenvalue weighted by atomic mass is 9.86. The van der Waals surface area contributed by atoms with E-state index in [-0.39, 0.29) is 18.3 Å². The molecular formula is C13H21ClN4OS. The fourth-order valence-electron chi connectivity index (χ4n) is 2.96. The van der Waals surface area contributed by atoms with Crippen LogP contribution in [0.1, 0.15) is 12.8 Å². The molecule has 0 unspecified atom stereocenters. The van der Waals surface area contributed by atoms with Crippen LogP contribution in [0, 0.1) is 0 Å². The monoisotopic (exact) mass is 316 g/mol. The van der Waals surface area contributed by atoms with Crippen LogP contribution in [0.4, 0.5) is 0 Å². The second-order valence-electron chi connectivity index (χ2n) is 5.14. The van der Waals surface area contributed by atoms with Crippen LogP contribution in [-0.4, -0.2) is 58.3 Å². The van der Waals surface area contributed by atoms with Crippen LogP contribution in [0.3, 0.4) is 0 Å². The zero-order chi connectivity index (χ0) is 13.1. The number of nitrogens with zero attached hydrogens (tertiary/aromatic N) is 3. The van der Waals surface area contributed by atoms with E-state index in [2.05, 4.69) is 10.4 Å². The van der Waals surface area contributed by atoms with Gasteiger partial charge in [-0.2, -0.15) is 16.9 Å². The summed E-state index contributed by atoms with van der Waals surface area (Å²) in [6, 6.07) is 1.91. The Labute approximate surface area is 129 Å². The van der Waals surface area contributed by atoms with Gasteiger partial charge >= 0.3 is 0 Å². The molecule has 2 saturated heterocycles. The first-order chi connectivity index (χ1) is 9.33. The molecule has 0 atom stereocenters. The molecule has 1 N–H and O–H groups in total. The van der Waals surface area contributed by atoms with Gasteiger partial charge in [0.25, 0.3) is 5.91 Å². The molecule has 20 heavy (non-hydrogen) atoms. The van der Waals surface area contributed by atoms with Gasteiger partial charge in [-0.05, 0) is 32.0 Å². The molecule has 5 nitrogen and oxygen atoms in total. The van der Waals surface area contributed by atoms with Gasteiger partial charge in [0.05, 0.1) is 0 Å². The Hall–Kier alpha value is -0.720. The van der Waals surface area contributed by atoms with Crippen molar-refractivity contribution in [2.24, 2.45) is 0 Å². The normalized spacial score (nSPS) is 22.1. The first kappa shape index (κ1) is 15.7. The number of thioether (sulfide) groups is 1. The van der Waals surface area contributed by atoms with E-state index < -0.39 is 5.54 Å². The highest BCUT2D eigenvalue weighted by atomic mass is 35.5. The summed E-state index contributed by atoms with van der Waals surface area (Å²) in [5.41, 5.74) is -0.462. The molecule has 2 aliphatic heterocycles. The standard InChI is InChI=1S/C13H20N4OS.ClH/c18-12(16-8-10-19-11-9-16)13(2-5-14-6-3-13)17-7-1-4-15-17;/h1,4,7,14H,2-3,5-6,8-11H2;1H. The van der Waals surface area contributed by atoms with Crippen molar-refractivity contribution in [3.8, 4) is 0 Å². The lowest BCUT2D eigenvalue weighted by Crippen LogP contribution is -2.57. The lowest BCUT2D eigenvalue weighted by molar-refractivity contribution is -0.142. The van der Waals surface area contributed by atoms with Crippen molar-refractivity contribution in [3.05, 3.63) is 18.5 Å². The summed E-state index contributed by atoms with van der Waals surface area (Å²) in [4.78, 5) is 15.0. The average Bonchev–Trinajstić information content (AvgIpc) is 3.03.